The average Bonchev–Trinajstić information content (AvgIpc) is 2.69. The second-order valence-electron chi connectivity index (χ2n) is 5.51. The molecule has 2 aromatic carbocycles. The Balaban J connectivity index is 1.95. The van der Waals surface area contributed by atoms with E-state index in [1.54, 1.807) is 39.5 Å². The number of rotatable bonds is 8. The van der Waals surface area contributed by atoms with Crippen LogP contribution in [0.2, 0.25) is 0 Å². The molecule has 0 aliphatic rings. The van der Waals surface area contributed by atoms with Gasteiger partial charge in [0.25, 0.3) is 0 Å². The van der Waals surface area contributed by atoms with Crippen molar-refractivity contribution in [1.29, 1.82) is 5.26 Å². The van der Waals surface area contributed by atoms with Crippen LogP contribution in [0.15, 0.2) is 36.4 Å². The number of nitrogens with zero attached hydrogens (tertiary/aromatic N) is 1. The van der Waals surface area contributed by atoms with Gasteiger partial charge in [0.1, 0.15) is 6.61 Å². The van der Waals surface area contributed by atoms with E-state index in [-0.39, 0.29) is 19.0 Å². The average molecular weight is 355 g/mol. The molecule has 0 saturated heterocycles. The first-order valence-corrected chi connectivity index (χ1v) is 8.04. The van der Waals surface area contributed by atoms with E-state index in [4.69, 9.17) is 24.2 Å². The number of hydrogen-bond acceptors (Lipinski definition) is 6. The molecule has 136 valence electrons. The van der Waals surface area contributed by atoms with Gasteiger partial charge in [-0.15, -0.1) is 0 Å². The van der Waals surface area contributed by atoms with Gasteiger partial charge >= 0.3 is 5.97 Å². The molecule has 2 rings (SSSR count). The zero-order chi connectivity index (χ0) is 18.9. The molecule has 0 amide bonds. The highest BCUT2D eigenvalue weighted by Gasteiger charge is 2.14. The molecule has 6 heteroatoms. The molecule has 0 aliphatic heterocycles. The Morgan fingerprint density at radius 3 is 2.27 bits per heavy atom. The third kappa shape index (κ3) is 4.90. The molecule has 2 aromatic rings. The summed E-state index contributed by atoms with van der Waals surface area (Å²) in [7, 11) is 4.63. The summed E-state index contributed by atoms with van der Waals surface area (Å²) in [6.45, 7) is 0.142. The van der Waals surface area contributed by atoms with Gasteiger partial charge in [0, 0.05) is 6.42 Å². The minimum Gasteiger partial charge on any atom is -0.493 e. The van der Waals surface area contributed by atoms with Gasteiger partial charge in [0.15, 0.2) is 11.5 Å². The fourth-order valence-electron chi connectivity index (χ4n) is 2.49. The normalized spacial score (nSPS) is 9.92. The molecular weight excluding hydrogens is 334 g/mol. The zero-order valence-corrected chi connectivity index (χ0v) is 15.1. The predicted octanol–water partition coefficient (Wildman–Crippen LogP) is 3.26. The Morgan fingerprint density at radius 2 is 1.69 bits per heavy atom. The molecule has 0 heterocycles. The van der Waals surface area contributed by atoms with Crippen molar-refractivity contribution >= 4 is 5.97 Å². The first-order chi connectivity index (χ1) is 12.6. The molecule has 6 nitrogen and oxygen atoms in total. The van der Waals surface area contributed by atoms with Crippen LogP contribution in [0.5, 0.6) is 17.2 Å². The molecule has 26 heavy (non-hydrogen) atoms. The van der Waals surface area contributed by atoms with E-state index >= 15 is 0 Å². The molecule has 0 saturated carbocycles. The largest absolute Gasteiger partial charge is 0.493 e. The number of ether oxygens (including phenoxy) is 4. The summed E-state index contributed by atoms with van der Waals surface area (Å²) in [5, 5.41) is 8.89. The van der Waals surface area contributed by atoms with Crippen LogP contribution in [0.3, 0.4) is 0 Å². The number of methoxy groups -OCH3 is 3. The standard InChI is InChI=1S/C20H21NO5/c1-23-17-10-14(11-18(24-2)20(17)25-3)7-8-19(22)26-13-16-6-4-5-15(9-16)12-21/h4-6,9-11H,7-8,13H2,1-3H3. The van der Waals surface area contributed by atoms with Gasteiger partial charge in [-0.05, 0) is 41.8 Å². The van der Waals surface area contributed by atoms with Crippen molar-refractivity contribution < 1.29 is 23.7 Å². The van der Waals surface area contributed by atoms with E-state index in [9.17, 15) is 4.79 Å². The minimum absolute atomic E-state index is 0.142. The van der Waals surface area contributed by atoms with Gasteiger partial charge in [-0.1, -0.05) is 12.1 Å². The lowest BCUT2D eigenvalue weighted by Gasteiger charge is -2.14. The summed E-state index contributed by atoms with van der Waals surface area (Å²) >= 11 is 0. The zero-order valence-electron chi connectivity index (χ0n) is 15.1. The second kappa shape index (κ2) is 9.33. The number of aryl methyl sites for hydroxylation is 1. The van der Waals surface area contributed by atoms with E-state index in [2.05, 4.69) is 6.07 Å². The molecule has 0 aliphatic carbocycles. The summed E-state index contributed by atoms with van der Waals surface area (Å²) in [6, 6.07) is 12.7. The lowest BCUT2D eigenvalue weighted by molar-refractivity contribution is -0.144. The smallest absolute Gasteiger partial charge is 0.306 e. The van der Waals surface area contributed by atoms with Gasteiger partial charge in [-0.25, -0.2) is 0 Å². The highest BCUT2D eigenvalue weighted by molar-refractivity contribution is 5.70. The van der Waals surface area contributed by atoms with Crippen LogP contribution in [0.1, 0.15) is 23.1 Å². The minimum atomic E-state index is -0.318. The maximum Gasteiger partial charge on any atom is 0.306 e. The fraction of sp³-hybridized carbons (Fsp3) is 0.300. The predicted molar refractivity (Wildman–Crippen MR) is 95.4 cm³/mol. The summed E-state index contributed by atoms with van der Waals surface area (Å²) in [5.41, 5.74) is 2.20. The topological polar surface area (TPSA) is 77.8 Å². The molecule has 0 bridgehead atoms. The summed E-state index contributed by atoms with van der Waals surface area (Å²) < 4.78 is 21.2. The highest BCUT2D eigenvalue weighted by atomic mass is 16.5. The van der Waals surface area contributed by atoms with Gasteiger partial charge < -0.3 is 18.9 Å². The summed E-state index contributed by atoms with van der Waals surface area (Å²) in [5.74, 6) is 1.28. The van der Waals surface area contributed by atoms with Crippen LogP contribution in [-0.4, -0.2) is 27.3 Å². The molecular formula is C20H21NO5. The number of nitriles is 1. The van der Waals surface area contributed by atoms with E-state index in [1.165, 1.54) is 0 Å². The molecule has 0 unspecified atom stereocenters. The molecule has 0 aromatic heterocycles. The lowest BCUT2D eigenvalue weighted by atomic mass is 10.1. The first kappa shape index (κ1) is 19.1. The van der Waals surface area contributed by atoms with E-state index < -0.39 is 0 Å². The van der Waals surface area contributed by atoms with Crippen molar-refractivity contribution in [1.82, 2.24) is 0 Å². The van der Waals surface area contributed by atoms with Crippen LogP contribution >= 0.6 is 0 Å². The number of carbonyl (C=O) groups excluding carboxylic acids is 1. The Bertz CT molecular complexity index is 785. The number of hydrogen-bond donors (Lipinski definition) is 0. The van der Waals surface area contributed by atoms with E-state index in [1.807, 2.05) is 18.2 Å². The quantitative estimate of drug-likeness (QED) is 0.677. The number of carbonyl (C=O) groups is 1. The van der Waals surface area contributed by atoms with Crippen molar-refractivity contribution in [3.63, 3.8) is 0 Å². The Morgan fingerprint density at radius 1 is 1.00 bits per heavy atom. The van der Waals surface area contributed by atoms with Crippen molar-refractivity contribution in [2.45, 2.75) is 19.4 Å². The first-order valence-electron chi connectivity index (χ1n) is 8.04. The SMILES string of the molecule is COc1cc(CCC(=O)OCc2cccc(C#N)c2)cc(OC)c1OC. The van der Waals surface area contributed by atoms with Crippen LogP contribution < -0.4 is 14.2 Å². The fourth-order valence-corrected chi connectivity index (χ4v) is 2.49. The van der Waals surface area contributed by atoms with Crippen molar-refractivity contribution in [2.75, 3.05) is 21.3 Å². The van der Waals surface area contributed by atoms with Crippen LogP contribution in [0.25, 0.3) is 0 Å². The second-order valence-corrected chi connectivity index (χ2v) is 5.51. The van der Waals surface area contributed by atoms with Gasteiger partial charge in [0.2, 0.25) is 5.75 Å². The van der Waals surface area contributed by atoms with E-state index in [0.717, 1.165) is 11.1 Å². The molecule has 0 N–H and O–H groups in total. The van der Waals surface area contributed by atoms with Gasteiger partial charge in [-0.2, -0.15) is 5.26 Å². The number of benzene rings is 2. The molecule has 0 atom stereocenters. The van der Waals surface area contributed by atoms with Crippen molar-refractivity contribution in [3.8, 4) is 23.3 Å². The monoisotopic (exact) mass is 355 g/mol. The van der Waals surface area contributed by atoms with Crippen molar-refractivity contribution in [3.05, 3.63) is 53.1 Å². The van der Waals surface area contributed by atoms with Crippen molar-refractivity contribution in [2.24, 2.45) is 0 Å². The van der Waals surface area contributed by atoms with E-state index in [0.29, 0.717) is 29.2 Å². The van der Waals surface area contributed by atoms with Gasteiger partial charge in [0.05, 0.1) is 33.0 Å². The Labute approximate surface area is 152 Å². The maximum absolute atomic E-state index is 12.0. The highest BCUT2D eigenvalue weighted by Crippen LogP contribution is 2.38. The third-order valence-electron chi connectivity index (χ3n) is 3.80. The third-order valence-corrected chi connectivity index (χ3v) is 3.80. The number of esters is 1. The molecule has 0 fully saturated rings. The lowest BCUT2D eigenvalue weighted by Crippen LogP contribution is -2.06. The summed E-state index contributed by atoms with van der Waals surface area (Å²) in [6.07, 6.45) is 0.699. The van der Waals surface area contributed by atoms with Crippen LogP contribution in [-0.2, 0) is 22.6 Å². The van der Waals surface area contributed by atoms with Crippen LogP contribution in [0, 0.1) is 11.3 Å². The maximum atomic E-state index is 12.0. The van der Waals surface area contributed by atoms with Crippen LogP contribution in [0.4, 0.5) is 0 Å². The van der Waals surface area contributed by atoms with Gasteiger partial charge in [-0.3, -0.25) is 4.79 Å². The Kier molecular flexibility index (Phi) is 6.86. The molecule has 0 spiro atoms. The Hall–Kier alpha value is -3.20. The summed E-state index contributed by atoms with van der Waals surface area (Å²) in [4.78, 5) is 12.0. The molecule has 0 radical (unpaired) electrons.